The van der Waals surface area contributed by atoms with Crippen molar-refractivity contribution in [3.05, 3.63) is 60.3 Å². The van der Waals surface area contributed by atoms with Crippen molar-refractivity contribution in [2.24, 2.45) is 0 Å². The lowest BCUT2D eigenvalue weighted by Crippen LogP contribution is -2.34. The summed E-state index contributed by atoms with van der Waals surface area (Å²) in [5.41, 5.74) is 2.03. The smallest absolute Gasteiger partial charge is 0.241 e. The zero-order chi connectivity index (χ0) is 18.5. The number of benzene rings is 1. The van der Waals surface area contributed by atoms with Crippen LogP contribution >= 0.6 is 0 Å². The molecule has 1 fully saturated rings. The van der Waals surface area contributed by atoms with Gasteiger partial charge in [-0.05, 0) is 37.6 Å². The molecule has 7 nitrogen and oxygen atoms in total. The summed E-state index contributed by atoms with van der Waals surface area (Å²) < 4.78 is 11.5. The molecule has 1 saturated heterocycles. The van der Waals surface area contributed by atoms with E-state index in [1.165, 1.54) is 0 Å². The lowest BCUT2D eigenvalue weighted by molar-refractivity contribution is 0.194. The third-order valence-corrected chi connectivity index (χ3v) is 4.81. The summed E-state index contributed by atoms with van der Waals surface area (Å²) in [6.45, 7) is 2.85. The number of nitrogens with one attached hydrogen (secondary N) is 1. The summed E-state index contributed by atoms with van der Waals surface area (Å²) >= 11 is 0. The van der Waals surface area contributed by atoms with E-state index < -0.39 is 0 Å². The molecular formula is C20H23N5O2. The molecular weight excluding hydrogens is 342 g/mol. The molecule has 27 heavy (non-hydrogen) atoms. The molecule has 4 rings (SSSR count). The second-order valence-corrected chi connectivity index (χ2v) is 6.66. The van der Waals surface area contributed by atoms with E-state index in [0.29, 0.717) is 17.4 Å². The first kappa shape index (κ1) is 17.5. The van der Waals surface area contributed by atoms with Crippen molar-refractivity contribution in [1.82, 2.24) is 25.1 Å². The zero-order valence-corrected chi connectivity index (χ0v) is 15.3. The van der Waals surface area contributed by atoms with Gasteiger partial charge < -0.3 is 9.47 Å². The molecule has 0 bridgehead atoms. The predicted octanol–water partition coefficient (Wildman–Crippen LogP) is 3.38. The Hall–Kier alpha value is -2.93. The van der Waals surface area contributed by atoms with E-state index in [1.807, 2.05) is 30.3 Å². The SMILES string of the molecule is COc1ccccc1Oc1nccnc1C1CCCN(Cc2ccn[nH]2)C1. The van der Waals surface area contributed by atoms with Crippen molar-refractivity contribution in [2.75, 3.05) is 20.2 Å². The Labute approximate surface area is 158 Å². The number of piperidine rings is 1. The quantitative estimate of drug-likeness (QED) is 0.722. The molecule has 0 amide bonds. The highest BCUT2D eigenvalue weighted by Gasteiger charge is 2.26. The number of rotatable bonds is 6. The van der Waals surface area contributed by atoms with E-state index in [-0.39, 0.29) is 5.92 Å². The van der Waals surface area contributed by atoms with E-state index in [4.69, 9.17) is 9.47 Å². The molecule has 1 unspecified atom stereocenters. The van der Waals surface area contributed by atoms with Crippen molar-refractivity contribution in [2.45, 2.75) is 25.3 Å². The monoisotopic (exact) mass is 365 g/mol. The fourth-order valence-electron chi connectivity index (χ4n) is 3.54. The first-order chi connectivity index (χ1) is 13.3. The van der Waals surface area contributed by atoms with Gasteiger partial charge >= 0.3 is 0 Å². The Morgan fingerprint density at radius 3 is 2.78 bits per heavy atom. The van der Waals surface area contributed by atoms with Gasteiger partial charge in [0.05, 0.1) is 7.11 Å². The molecule has 1 aliphatic rings. The minimum atomic E-state index is 0.278. The fraction of sp³-hybridized carbons (Fsp3) is 0.350. The van der Waals surface area contributed by atoms with Gasteiger partial charge in [0.2, 0.25) is 5.88 Å². The number of likely N-dealkylation sites (tertiary alicyclic amines) is 1. The molecule has 0 radical (unpaired) electrons. The Morgan fingerprint density at radius 1 is 1.11 bits per heavy atom. The van der Waals surface area contributed by atoms with Crippen molar-refractivity contribution in [1.29, 1.82) is 0 Å². The Balaban J connectivity index is 1.53. The molecule has 0 saturated carbocycles. The van der Waals surface area contributed by atoms with E-state index in [0.717, 1.165) is 43.9 Å². The third kappa shape index (κ3) is 4.09. The molecule has 3 heterocycles. The van der Waals surface area contributed by atoms with Crippen molar-refractivity contribution < 1.29 is 9.47 Å². The maximum Gasteiger partial charge on any atom is 0.241 e. The fourth-order valence-corrected chi connectivity index (χ4v) is 3.54. The van der Waals surface area contributed by atoms with Crippen LogP contribution in [0.1, 0.15) is 30.1 Å². The minimum absolute atomic E-state index is 0.278. The van der Waals surface area contributed by atoms with Gasteiger partial charge in [-0.15, -0.1) is 0 Å². The van der Waals surface area contributed by atoms with Gasteiger partial charge in [-0.2, -0.15) is 5.10 Å². The number of methoxy groups -OCH3 is 1. The lowest BCUT2D eigenvalue weighted by Gasteiger charge is -2.32. The van der Waals surface area contributed by atoms with E-state index in [2.05, 4.69) is 25.1 Å². The van der Waals surface area contributed by atoms with Crippen LogP contribution in [0.15, 0.2) is 48.9 Å². The molecule has 1 N–H and O–H groups in total. The highest BCUT2D eigenvalue weighted by atomic mass is 16.5. The highest BCUT2D eigenvalue weighted by Crippen LogP contribution is 2.35. The summed E-state index contributed by atoms with van der Waals surface area (Å²) in [6.07, 6.45) is 7.38. The standard InChI is InChI=1S/C20H23N5O2/c1-26-17-6-2-3-7-18(17)27-20-19(21-10-11-22-20)15-5-4-12-25(13-15)14-16-8-9-23-24-16/h2-3,6-11,15H,4-5,12-14H2,1H3,(H,23,24). The number of para-hydroxylation sites is 2. The van der Waals surface area contributed by atoms with Crippen LogP contribution in [0.3, 0.4) is 0 Å². The average Bonchev–Trinajstić information content (AvgIpc) is 3.22. The van der Waals surface area contributed by atoms with Gasteiger partial charge in [-0.3, -0.25) is 15.0 Å². The van der Waals surface area contributed by atoms with Crippen LogP contribution in [0.2, 0.25) is 0 Å². The van der Waals surface area contributed by atoms with Crippen LogP contribution < -0.4 is 9.47 Å². The molecule has 1 atom stereocenters. The maximum atomic E-state index is 6.09. The van der Waals surface area contributed by atoms with E-state index >= 15 is 0 Å². The molecule has 3 aromatic rings. The number of aromatic amines is 1. The van der Waals surface area contributed by atoms with Crippen LogP contribution in [0.5, 0.6) is 17.4 Å². The van der Waals surface area contributed by atoms with Crippen LogP contribution in [0, 0.1) is 0 Å². The molecule has 0 spiro atoms. The molecule has 0 aliphatic carbocycles. The first-order valence-corrected chi connectivity index (χ1v) is 9.16. The van der Waals surface area contributed by atoms with Gasteiger partial charge in [0, 0.05) is 43.3 Å². The van der Waals surface area contributed by atoms with Gasteiger partial charge in [0.25, 0.3) is 0 Å². The van der Waals surface area contributed by atoms with Crippen molar-refractivity contribution >= 4 is 0 Å². The summed E-state index contributed by atoms with van der Waals surface area (Å²) in [5.74, 6) is 2.15. The number of H-pyrrole nitrogens is 1. The normalized spacial score (nSPS) is 17.6. The van der Waals surface area contributed by atoms with Crippen LogP contribution in [-0.4, -0.2) is 45.3 Å². The number of nitrogens with zero attached hydrogens (tertiary/aromatic N) is 4. The maximum absolute atomic E-state index is 6.09. The number of ether oxygens (including phenoxy) is 2. The minimum Gasteiger partial charge on any atom is -0.493 e. The summed E-state index contributed by atoms with van der Waals surface area (Å²) in [7, 11) is 1.63. The summed E-state index contributed by atoms with van der Waals surface area (Å²) in [6, 6.07) is 9.60. The first-order valence-electron chi connectivity index (χ1n) is 9.16. The van der Waals surface area contributed by atoms with Crippen LogP contribution in [0.4, 0.5) is 0 Å². The number of hydrogen-bond acceptors (Lipinski definition) is 6. The second kappa shape index (κ2) is 8.18. The number of hydrogen-bond donors (Lipinski definition) is 1. The van der Waals surface area contributed by atoms with E-state index in [1.54, 1.807) is 25.7 Å². The zero-order valence-electron chi connectivity index (χ0n) is 15.3. The molecule has 140 valence electrons. The van der Waals surface area contributed by atoms with Gasteiger partial charge in [0.1, 0.15) is 5.69 Å². The van der Waals surface area contributed by atoms with Gasteiger partial charge in [0.15, 0.2) is 11.5 Å². The Kier molecular flexibility index (Phi) is 5.29. The van der Waals surface area contributed by atoms with E-state index in [9.17, 15) is 0 Å². The molecule has 1 aliphatic heterocycles. The van der Waals surface area contributed by atoms with Crippen molar-refractivity contribution in [3.8, 4) is 17.4 Å². The molecule has 2 aromatic heterocycles. The topological polar surface area (TPSA) is 76.2 Å². The summed E-state index contributed by atoms with van der Waals surface area (Å²) in [4.78, 5) is 11.5. The van der Waals surface area contributed by atoms with Gasteiger partial charge in [-0.1, -0.05) is 12.1 Å². The predicted molar refractivity (Wildman–Crippen MR) is 101 cm³/mol. The Morgan fingerprint density at radius 2 is 1.96 bits per heavy atom. The van der Waals surface area contributed by atoms with Crippen LogP contribution in [0.25, 0.3) is 0 Å². The lowest BCUT2D eigenvalue weighted by atomic mass is 9.94. The van der Waals surface area contributed by atoms with Crippen molar-refractivity contribution in [3.63, 3.8) is 0 Å². The highest BCUT2D eigenvalue weighted by molar-refractivity contribution is 5.42. The summed E-state index contributed by atoms with van der Waals surface area (Å²) in [5, 5.41) is 7.07. The van der Waals surface area contributed by atoms with Gasteiger partial charge in [-0.25, -0.2) is 4.98 Å². The molecule has 7 heteroatoms. The molecule has 1 aromatic carbocycles. The van der Waals surface area contributed by atoms with Crippen LogP contribution in [-0.2, 0) is 6.54 Å². The average molecular weight is 365 g/mol. The number of aromatic nitrogens is 4. The second-order valence-electron chi connectivity index (χ2n) is 6.66. The Bertz CT molecular complexity index is 868. The third-order valence-electron chi connectivity index (χ3n) is 4.81. The largest absolute Gasteiger partial charge is 0.493 e.